The third kappa shape index (κ3) is 2.42. The zero-order chi connectivity index (χ0) is 11.4. The van der Waals surface area contributed by atoms with E-state index in [0.29, 0.717) is 17.5 Å². The van der Waals surface area contributed by atoms with E-state index in [0.717, 1.165) is 12.2 Å². The molecule has 0 fully saturated rings. The van der Waals surface area contributed by atoms with E-state index in [1.54, 1.807) is 24.2 Å². The number of nitrogens with one attached hydrogen (secondary N) is 1. The Morgan fingerprint density at radius 1 is 1.62 bits per heavy atom. The summed E-state index contributed by atoms with van der Waals surface area (Å²) >= 11 is 1.74. The number of imidazole rings is 1. The van der Waals surface area contributed by atoms with E-state index in [1.165, 1.54) is 0 Å². The highest BCUT2D eigenvalue weighted by molar-refractivity contribution is 7.98. The number of aromatic nitrogens is 4. The molecule has 0 aliphatic rings. The number of thioether (sulfide) groups is 1. The molecule has 0 aliphatic heterocycles. The van der Waals surface area contributed by atoms with E-state index in [9.17, 15) is 0 Å². The van der Waals surface area contributed by atoms with Gasteiger partial charge in [-0.1, -0.05) is 5.16 Å². The van der Waals surface area contributed by atoms with Crippen molar-refractivity contribution in [3.63, 3.8) is 0 Å². The van der Waals surface area contributed by atoms with Gasteiger partial charge in [0.05, 0.1) is 6.04 Å². The highest BCUT2D eigenvalue weighted by Gasteiger charge is 2.16. The number of nitrogens with two attached hydrogens (primary N) is 1. The van der Waals surface area contributed by atoms with Crippen LogP contribution in [-0.4, -0.2) is 32.1 Å². The maximum absolute atomic E-state index is 5.91. The van der Waals surface area contributed by atoms with Crippen LogP contribution in [0.2, 0.25) is 0 Å². The Morgan fingerprint density at radius 2 is 2.50 bits per heavy atom. The molecule has 7 heteroatoms. The number of H-pyrrole nitrogens is 1. The van der Waals surface area contributed by atoms with Gasteiger partial charge in [-0.2, -0.15) is 16.7 Å². The topological polar surface area (TPSA) is 93.6 Å². The molecule has 3 N–H and O–H groups in total. The summed E-state index contributed by atoms with van der Waals surface area (Å²) < 4.78 is 5.09. The van der Waals surface area contributed by atoms with Crippen molar-refractivity contribution in [2.75, 3.05) is 12.0 Å². The third-order valence-electron chi connectivity index (χ3n) is 2.10. The lowest BCUT2D eigenvalue weighted by molar-refractivity contribution is 0.353. The molecule has 2 aromatic heterocycles. The van der Waals surface area contributed by atoms with Crippen molar-refractivity contribution in [3.8, 4) is 11.6 Å². The largest absolute Gasteiger partial charge is 0.342 e. The minimum Gasteiger partial charge on any atom is -0.342 e. The van der Waals surface area contributed by atoms with E-state index in [1.807, 2.05) is 6.26 Å². The quantitative estimate of drug-likeness (QED) is 0.814. The zero-order valence-corrected chi connectivity index (χ0v) is 9.70. The first-order valence-corrected chi connectivity index (χ1v) is 6.28. The first-order valence-electron chi connectivity index (χ1n) is 4.89. The molecule has 0 saturated carbocycles. The summed E-state index contributed by atoms with van der Waals surface area (Å²) in [5.41, 5.74) is 5.91. The van der Waals surface area contributed by atoms with Crippen LogP contribution in [0.5, 0.6) is 0 Å². The fourth-order valence-electron chi connectivity index (χ4n) is 1.24. The number of nitrogens with zero attached hydrogens (tertiary/aromatic N) is 3. The van der Waals surface area contributed by atoms with Gasteiger partial charge < -0.3 is 15.2 Å². The predicted molar refractivity (Wildman–Crippen MR) is 61.8 cm³/mol. The molecular formula is C9H13N5OS. The second-order valence-corrected chi connectivity index (χ2v) is 4.27. The van der Waals surface area contributed by atoms with E-state index >= 15 is 0 Å². The molecule has 0 aliphatic carbocycles. The van der Waals surface area contributed by atoms with E-state index in [2.05, 4.69) is 20.1 Å². The zero-order valence-electron chi connectivity index (χ0n) is 8.88. The van der Waals surface area contributed by atoms with Crippen molar-refractivity contribution >= 4 is 11.8 Å². The molecule has 0 radical (unpaired) electrons. The molecular weight excluding hydrogens is 226 g/mol. The SMILES string of the molecule is CSCCC(N)c1nc(-c2ncc[nH]2)no1. The third-order valence-corrected chi connectivity index (χ3v) is 2.75. The summed E-state index contributed by atoms with van der Waals surface area (Å²) in [6.07, 6.45) is 6.20. The Morgan fingerprint density at radius 3 is 3.19 bits per heavy atom. The van der Waals surface area contributed by atoms with Crippen molar-refractivity contribution < 1.29 is 4.52 Å². The Bertz CT molecular complexity index is 427. The Hall–Kier alpha value is -1.34. The Balaban J connectivity index is 2.07. The average molecular weight is 239 g/mol. The summed E-state index contributed by atoms with van der Waals surface area (Å²) in [4.78, 5) is 11.1. The van der Waals surface area contributed by atoms with Crippen molar-refractivity contribution in [1.29, 1.82) is 0 Å². The Labute approximate surface area is 97.0 Å². The first kappa shape index (κ1) is 11.2. The van der Waals surface area contributed by atoms with Crippen molar-refractivity contribution in [1.82, 2.24) is 20.1 Å². The highest BCUT2D eigenvalue weighted by atomic mass is 32.2. The number of rotatable bonds is 5. The van der Waals surface area contributed by atoms with E-state index < -0.39 is 0 Å². The summed E-state index contributed by atoms with van der Waals surface area (Å²) in [5.74, 6) is 2.46. The van der Waals surface area contributed by atoms with Crippen molar-refractivity contribution in [2.45, 2.75) is 12.5 Å². The fraction of sp³-hybridized carbons (Fsp3) is 0.444. The molecule has 1 atom stereocenters. The summed E-state index contributed by atoms with van der Waals surface area (Å²) in [7, 11) is 0. The molecule has 0 aromatic carbocycles. The van der Waals surface area contributed by atoms with Gasteiger partial charge in [-0.3, -0.25) is 0 Å². The van der Waals surface area contributed by atoms with Gasteiger partial charge in [0.25, 0.3) is 0 Å². The number of hydrogen-bond acceptors (Lipinski definition) is 6. The van der Waals surface area contributed by atoms with E-state index in [4.69, 9.17) is 10.3 Å². The number of aromatic amines is 1. The lowest BCUT2D eigenvalue weighted by Crippen LogP contribution is -2.11. The summed E-state index contributed by atoms with van der Waals surface area (Å²) in [6.45, 7) is 0. The molecule has 16 heavy (non-hydrogen) atoms. The van der Waals surface area contributed by atoms with Crippen LogP contribution >= 0.6 is 11.8 Å². The monoisotopic (exact) mass is 239 g/mol. The van der Waals surface area contributed by atoms with Gasteiger partial charge in [-0.15, -0.1) is 0 Å². The van der Waals surface area contributed by atoms with Crippen LogP contribution in [0.4, 0.5) is 0 Å². The van der Waals surface area contributed by atoms with Crippen LogP contribution in [0.1, 0.15) is 18.4 Å². The minimum atomic E-state index is -0.205. The van der Waals surface area contributed by atoms with Crippen molar-refractivity contribution in [2.24, 2.45) is 5.73 Å². The van der Waals surface area contributed by atoms with Gasteiger partial charge in [0.1, 0.15) is 0 Å². The van der Waals surface area contributed by atoms with E-state index in [-0.39, 0.29) is 6.04 Å². The molecule has 1 unspecified atom stereocenters. The predicted octanol–water partition coefficient (Wildman–Crippen LogP) is 1.21. The van der Waals surface area contributed by atoms with Crippen LogP contribution in [0, 0.1) is 0 Å². The summed E-state index contributed by atoms with van der Waals surface area (Å²) in [6, 6.07) is -0.205. The van der Waals surface area contributed by atoms with Crippen LogP contribution in [-0.2, 0) is 0 Å². The average Bonchev–Trinajstić information content (AvgIpc) is 2.94. The fourth-order valence-corrected chi connectivity index (χ4v) is 1.73. The molecule has 2 rings (SSSR count). The molecule has 2 aromatic rings. The smallest absolute Gasteiger partial charge is 0.243 e. The highest BCUT2D eigenvalue weighted by Crippen LogP contribution is 2.17. The van der Waals surface area contributed by atoms with Gasteiger partial charge in [0.2, 0.25) is 11.7 Å². The van der Waals surface area contributed by atoms with Gasteiger partial charge in [0, 0.05) is 12.4 Å². The molecule has 86 valence electrons. The second-order valence-electron chi connectivity index (χ2n) is 3.28. The first-order chi connectivity index (χ1) is 7.81. The number of hydrogen-bond donors (Lipinski definition) is 2. The maximum Gasteiger partial charge on any atom is 0.243 e. The molecule has 0 spiro atoms. The van der Waals surface area contributed by atoms with Gasteiger partial charge in [-0.05, 0) is 18.4 Å². The minimum absolute atomic E-state index is 0.205. The van der Waals surface area contributed by atoms with Gasteiger partial charge in [-0.25, -0.2) is 4.98 Å². The molecule has 0 amide bonds. The molecule has 6 nitrogen and oxygen atoms in total. The van der Waals surface area contributed by atoms with Gasteiger partial charge in [0.15, 0.2) is 5.82 Å². The summed E-state index contributed by atoms with van der Waals surface area (Å²) in [5, 5.41) is 3.82. The molecule has 0 bridgehead atoms. The normalized spacial score (nSPS) is 12.9. The lowest BCUT2D eigenvalue weighted by atomic mass is 10.2. The van der Waals surface area contributed by atoms with Crippen LogP contribution in [0.3, 0.4) is 0 Å². The molecule has 2 heterocycles. The maximum atomic E-state index is 5.91. The second kappa shape index (κ2) is 5.13. The van der Waals surface area contributed by atoms with Crippen LogP contribution in [0.25, 0.3) is 11.6 Å². The standard InChI is InChI=1S/C9H13N5OS/c1-16-5-2-6(10)9-13-8(14-15-9)7-11-3-4-12-7/h3-4,6H,2,5,10H2,1H3,(H,11,12). The molecule has 0 saturated heterocycles. The van der Waals surface area contributed by atoms with Crippen LogP contribution in [0.15, 0.2) is 16.9 Å². The lowest BCUT2D eigenvalue weighted by Gasteiger charge is -2.03. The van der Waals surface area contributed by atoms with Crippen LogP contribution < -0.4 is 5.73 Å². The Kier molecular flexibility index (Phi) is 3.58. The van der Waals surface area contributed by atoms with Gasteiger partial charge >= 0.3 is 0 Å². The van der Waals surface area contributed by atoms with Crippen molar-refractivity contribution in [3.05, 3.63) is 18.3 Å².